The van der Waals surface area contributed by atoms with Crippen molar-refractivity contribution in [1.82, 2.24) is 10.2 Å². The van der Waals surface area contributed by atoms with Crippen LogP contribution in [0.3, 0.4) is 0 Å². The first-order chi connectivity index (χ1) is 9.24. The number of nitrogens with zero attached hydrogens (tertiary/aromatic N) is 1. The molecule has 1 N–H and O–H groups in total. The molecule has 0 spiro atoms. The molecule has 5 heteroatoms. The molecule has 0 aromatic rings. The van der Waals surface area contributed by atoms with E-state index in [1.165, 1.54) is 0 Å². The lowest BCUT2D eigenvalue weighted by molar-refractivity contribution is 0.0833. The van der Waals surface area contributed by atoms with Crippen LogP contribution in [0.15, 0.2) is 0 Å². The Morgan fingerprint density at radius 2 is 2.00 bits per heavy atom. The molecule has 0 amide bonds. The number of hydrogen-bond donors (Lipinski definition) is 1. The Bertz CT molecular complexity index is 428. The van der Waals surface area contributed by atoms with Gasteiger partial charge < -0.3 is 5.32 Å². The Balaban J connectivity index is 2.06. The molecule has 3 unspecified atom stereocenters. The van der Waals surface area contributed by atoms with Gasteiger partial charge in [-0.15, -0.1) is 0 Å². The molecule has 2 saturated heterocycles. The van der Waals surface area contributed by atoms with Crippen molar-refractivity contribution in [2.45, 2.75) is 64.3 Å². The fourth-order valence-electron chi connectivity index (χ4n) is 3.39. The van der Waals surface area contributed by atoms with Crippen LogP contribution in [0.1, 0.15) is 47.0 Å². The Labute approximate surface area is 124 Å². The highest BCUT2D eigenvalue weighted by Gasteiger charge is 2.38. The highest BCUT2D eigenvalue weighted by molar-refractivity contribution is 7.92. The van der Waals surface area contributed by atoms with E-state index in [1.807, 2.05) is 0 Å². The van der Waals surface area contributed by atoms with Crippen LogP contribution in [0, 0.1) is 5.41 Å². The molecule has 118 valence electrons. The molecular formula is C15H30N2O2S. The molecule has 2 aliphatic rings. The summed E-state index contributed by atoms with van der Waals surface area (Å²) in [6.07, 6.45) is 2.78. The summed E-state index contributed by atoms with van der Waals surface area (Å²) < 4.78 is 24.1. The van der Waals surface area contributed by atoms with Gasteiger partial charge in [-0.3, -0.25) is 4.90 Å². The molecule has 0 aliphatic carbocycles. The van der Waals surface area contributed by atoms with E-state index >= 15 is 0 Å². The minimum absolute atomic E-state index is 0.129. The third kappa shape index (κ3) is 3.55. The van der Waals surface area contributed by atoms with Crippen LogP contribution in [0.25, 0.3) is 0 Å². The van der Waals surface area contributed by atoms with Crippen molar-refractivity contribution in [3.63, 3.8) is 0 Å². The maximum absolute atomic E-state index is 12.1. The molecule has 0 aromatic heterocycles. The van der Waals surface area contributed by atoms with Gasteiger partial charge in [-0.2, -0.15) is 0 Å². The largest absolute Gasteiger partial charge is 0.311 e. The summed E-state index contributed by atoms with van der Waals surface area (Å²) in [5, 5.41) is 3.52. The third-order valence-electron chi connectivity index (χ3n) is 4.95. The van der Waals surface area contributed by atoms with Crippen LogP contribution in [-0.4, -0.2) is 56.0 Å². The molecule has 20 heavy (non-hydrogen) atoms. The fourth-order valence-corrected chi connectivity index (χ4v) is 5.23. The summed E-state index contributed by atoms with van der Waals surface area (Å²) in [5.74, 6) is 0.392. The van der Waals surface area contributed by atoms with Crippen molar-refractivity contribution < 1.29 is 8.42 Å². The van der Waals surface area contributed by atoms with Gasteiger partial charge in [0.05, 0.1) is 11.0 Å². The first kappa shape index (κ1) is 16.2. The monoisotopic (exact) mass is 302 g/mol. The molecule has 2 fully saturated rings. The molecule has 0 aromatic carbocycles. The summed E-state index contributed by atoms with van der Waals surface area (Å²) in [4.78, 5) is 2.43. The SMILES string of the molecule is CCC1CNC(C(C)(C)C)CN1CC1CCCS1(=O)=O. The van der Waals surface area contributed by atoms with Crippen molar-refractivity contribution in [2.75, 3.05) is 25.4 Å². The van der Waals surface area contributed by atoms with Crippen LogP contribution >= 0.6 is 0 Å². The minimum Gasteiger partial charge on any atom is -0.311 e. The molecule has 0 radical (unpaired) electrons. The van der Waals surface area contributed by atoms with Crippen molar-refractivity contribution in [3.8, 4) is 0 Å². The maximum Gasteiger partial charge on any atom is 0.154 e. The van der Waals surface area contributed by atoms with E-state index in [0.717, 1.165) is 38.9 Å². The molecule has 3 atom stereocenters. The average molecular weight is 302 g/mol. The zero-order valence-corrected chi connectivity index (χ0v) is 14.2. The van der Waals surface area contributed by atoms with Crippen LogP contribution in [-0.2, 0) is 9.84 Å². The molecule has 2 aliphatic heterocycles. The van der Waals surface area contributed by atoms with Crippen LogP contribution in [0.4, 0.5) is 0 Å². The first-order valence-corrected chi connectivity index (χ1v) is 9.64. The summed E-state index contributed by atoms with van der Waals surface area (Å²) in [5.41, 5.74) is 0.214. The Morgan fingerprint density at radius 3 is 2.50 bits per heavy atom. The van der Waals surface area contributed by atoms with E-state index < -0.39 is 9.84 Å². The highest BCUT2D eigenvalue weighted by atomic mass is 32.2. The second kappa shape index (κ2) is 5.93. The van der Waals surface area contributed by atoms with E-state index in [2.05, 4.69) is 37.9 Å². The second-order valence-corrected chi connectivity index (χ2v) is 9.87. The van der Waals surface area contributed by atoms with E-state index in [9.17, 15) is 8.42 Å². The Hall–Kier alpha value is -0.130. The van der Waals surface area contributed by atoms with Crippen molar-refractivity contribution in [3.05, 3.63) is 0 Å². The van der Waals surface area contributed by atoms with Crippen molar-refractivity contribution in [2.24, 2.45) is 5.41 Å². The molecule has 0 bridgehead atoms. The van der Waals surface area contributed by atoms with Gasteiger partial charge in [0.2, 0.25) is 0 Å². The van der Waals surface area contributed by atoms with E-state index in [0.29, 0.717) is 17.8 Å². The quantitative estimate of drug-likeness (QED) is 0.861. The third-order valence-corrected chi connectivity index (χ3v) is 7.21. The Morgan fingerprint density at radius 1 is 1.30 bits per heavy atom. The zero-order chi connectivity index (χ0) is 15.0. The molecule has 2 heterocycles. The van der Waals surface area contributed by atoms with Crippen LogP contribution in [0.2, 0.25) is 0 Å². The second-order valence-electron chi connectivity index (χ2n) is 7.47. The minimum atomic E-state index is -2.83. The molecule has 4 nitrogen and oxygen atoms in total. The van der Waals surface area contributed by atoms with Crippen molar-refractivity contribution >= 4 is 9.84 Å². The van der Waals surface area contributed by atoms with Gasteiger partial charge in [0.15, 0.2) is 9.84 Å². The topological polar surface area (TPSA) is 49.4 Å². The number of nitrogens with one attached hydrogen (secondary N) is 1. The summed E-state index contributed by atoms with van der Waals surface area (Å²) in [7, 11) is -2.83. The molecule has 0 saturated carbocycles. The number of hydrogen-bond acceptors (Lipinski definition) is 4. The van der Waals surface area contributed by atoms with Gasteiger partial charge >= 0.3 is 0 Å². The lowest BCUT2D eigenvalue weighted by Gasteiger charge is -2.45. The van der Waals surface area contributed by atoms with Crippen LogP contribution in [0.5, 0.6) is 0 Å². The zero-order valence-electron chi connectivity index (χ0n) is 13.4. The van der Waals surface area contributed by atoms with E-state index in [4.69, 9.17) is 0 Å². The van der Waals surface area contributed by atoms with Gasteiger partial charge in [-0.25, -0.2) is 8.42 Å². The first-order valence-electron chi connectivity index (χ1n) is 7.93. The number of rotatable bonds is 3. The van der Waals surface area contributed by atoms with Gasteiger partial charge in [0.1, 0.15) is 0 Å². The average Bonchev–Trinajstić information content (AvgIpc) is 2.67. The lowest BCUT2D eigenvalue weighted by atomic mass is 9.84. The summed E-state index contributed by atoms with van der Waals surface area (Å²) in [6.45, 7) is 11.6. The number of piperazine rings is 1. The fraction of sp³-hybridized carbons (Fsp3) is 1.00. The lowest BCUT2D eigenvalue weighted by Crippen LogP contribution is -2.61. The molecule has 2 rings (SSSR count). The Kier molecular flexibility index (Phi) is 4.82. The summed E-state index contributed by atoms with van der Waals surface area (Å²) >= 11 is 0. The predicted octanol–water partition coefficient (Wildman–Crippen LogP) is 1.66. The van der Waals surface area contributed by atoms with Crippen LogP contribution < -0.4 is 5.32 Å². The van der Waals surface area contributed by atoms with Gasteiger partial charge in [0, 0.05) is 31.7 Å². The number of sulfone groups is 1. The maximum atomic E-state index is 12.1. The van der Waals surface area contributed by atoms with Crippen molar-refractivity contribution in [1.29, 1.82) is 0 Å². The van der Waals surface area contributed by atoms with E-state index in [-0.39, 0.29) is 10.7 Å². The van der Waals surface area contributed by atoms with Gasteiger partial charge in [-0.05, 0) is 24.7 Å². The smallest absolute Gasteiger partial charge is 0.154 e. The summed E-state index contributed by atoms with van der Waals surface area (Å²) in [6, 6.07) is 0.916. The highest BCUT2D eigenvalue weighted by Crippen LogP contribution is 2.27. The normalized spacial score (nSPS) is 35.3. The molecular weight excluding hydrogens is 272 g/mol. The van der Waals surface area contributed by atoms with Gasteiger partial charge in [0.25, 0.3) is 0 Å². The van der Waals surface area contributed by atoms with E-state index in [1.54, 1.807) is 0 Å². The van der Waals surface area contributed by atoms with Gasteiger partial charge in [-0.1, -0.05) is 27.7 Å². The standard InChI is InChI=1S/C15H30N2O2S/c1-5-12-9-16-14(15(2,3)4)11-17(12)10-13-7-6-8-20(13,18)19/h12-14,16H,5-11H2,1-4H3. The predicted molar refractivity (Wildman–Crippen MR) is 83.7 cm³/mol.